The normalized spacial score (nSPS) is 10.6. The highest BCUT2D eigenvalue weighted by molar-refractivity contribution is 6.13. The van der Waals surface area contributed by atoms with Gasteiger partial charge >= 0.3 is 0 Å². The van der Waals surface area contributed by atoms with Crippen LogP contribution in [-0.2, 0) is 0 Å². The van der Waals surface area contributed by atoms with Gasteiger partial charge in [-0.3, -0.25) is 4.79 Å². The van der Waals surface area contributed by atoms with E-state index in [1.54, 1.807) is 20.3 Å². The Hall–Kier alpha value is -3.29. The molecule has 0 aliphatic rings. The average Bonchev–Trinajstić information content (AvgIpc) is 3.14. The van der Waals surface area contributed by atoms with Crippen LogP contribution in [0.3, 0.4) is 0 Å². The molecule has 1 amide bonds. The summed E-state index contributed by atoms with van der Waals surface area (Å²) < 4.78 is 10.6. The van der Waals surface area contributed by atoms with Crippen LogP contribution in [0, 0.1) is 0 Å². The van der Waals surface area contributed by atoms with Crippen molar-refractivity contribution in [1.82, 2.24) is 15.3 Å². The number of fused-ring (bicyclic) bond motifs is 3. The summed E-state index contributed by atoms with van der Waals surface area (Å²) in [6, 6.07) is 15.2. The van der Waals surface area contributed by atoms with Gasteiger partial charge in [0.1, 0.15) is 17.2 Å². The molecule has 0 radical (unpaired) electrons. The van der Waals surface area contributed by atoms with E-state index in [0.29, 0.717) is 24.5 Å². The number of aromatic amines is 1. The zero-order valence-corrected chi connectivity index (χ0v) is 17.5. The molecule has 0 spiro atoms. The van der Waals surface area contributed by atoms with Gasteiger partial charge in [-0.2, -0.15) is 0 Å². The number of benzene rings is 2. The molecule has 0 saturated heterocycles. The molecule has 7 nitrogen and oxygen atoms in total. The van der Waals surface area contributed by atoms with Gasteiger partial charge in [-0.05, 0) is 48.5 Å². The third-order valence-corrected chi connectivity index (χ3v) is 4.82. The lowest BCUT2D eigenvalue weighted by atomic mass is 10.1. The van der Waals surface area contributed by atoms with E-state index in [4.69, 9.17) is 15.2 Å². The standard InChI is InChI=1S/C22H22N4O3.ClH/c1-28-14-5-3-13(4-6-14)20-21-17(12-19(26-20)22(27)24-10-9-23)16-11-15(29-2)7-8-18(16)25-21;/h3-8,11-12,25H,9-10,23H2,1-2H3,(H,24,27);1H. The lowest BCUT2D eigenvalue weighted by Crippen LogP contribution is -2.29. The van der Waals surface area contributed by atoms with E-state index in [0.717, 1.165) is 38.9 Å². The number of carbonyl (C=O) groups is 1. The van der Waals surface area contributed by atoms with Gasteiger partial charge in [0.2, 0.25) is 0 Å². The van der Waals surface area contributed by atoms with Gasteiger partial charge in [-0.15, -0.1) is 12.4 Å². The zero-order valence-electron chi connectivity index (χ0n) is 16.7. The minimum absolute atomic E-state index is 0. The first-order valence-corrected chi connectivity index (χ1v) is 9.27. The van der Waals surface area contributed by atoms with Gasteiger partial charge in [-0.1, -0.05) is 0 Å². The maximum absolute atomic E-state index is 12.6. The highest BCUT2D eigenvalue weighted by Gasteiger charge is 2.17. The number of carbonyl (C=O) groups excluding carboxylic acids is 1. The van der Waals surface area contributed by atoms with Crippen LogP contribution < -0.4 is 20.5 Å². The van der Waals surface area contributed by atoms with Crippen LogP contribution in [0.15, 0.2) is 48.5 Å². The second-order valence-electron chi connectivity index (χ2n) is 6.59. The molecule has 4 N–H and O–H groups in total. The quantitative estimate of drug-likeness (QED) is 0.438. The molecule has 2 heterocycles. The Kier molecular flexibility index (Phi) is 6.44. The van der Waals surface area contributed by atoms with Crippen molar-refractivity contribution in [3.63, 3.8) is 0 Å². The van der Waals surface area contributed by atoms with Crippen molar-refractivity contribution in [2.24, 2.45) is 5.73 Å². The summed E-state index contributed by atoms with van der Waals surface area (Å²) in [4.78, 5) is 20.7. The van der Waals surface area contributed by atoms with E-state index in [1.807, 2.05) is 42.5 Å². The Bertz CT molecular complexity index is 1190. The third-order valence-electron chi connectivity index (χ3n) is 4.82. The first-order valence-electron chi connectivity index (χ1n) is 9.27. The van der Waals surface area contributed by atoms with Gasteiger partial charge < -0.3 is 25.5 Å². The number of halogens is 1. The summed E-state index contributed by atoms with van der Waals surface area (Å²) in [5, 5.41) is 4.65. The number of methoxy groups -OCH3 is 2. The number of aromatic nitrogens is 2. The number of pyridine rings is 1. The lowest BCUT2D eigenvalue weighted by molar-refractivity contribution is 0.0950. The van der Waals surface area contributed by atoms with E-state index >= 15 is 0 Å². The molecule has 2 aromatic heterocycles. The Morgan fingerprint density at radius 1 is 1.03 bits per heavy atom. The van der Waals surface area contributed by atoms with Gasteiger partial charge in [0.05, 0.1) is 25.4 Å². The van der Waals surface area contributed by atoms with E-state index in [9.17, 15) is 4.79 Å². The van der Waals surface area contributed by atoms with Crippen LogP contribution >= 0.6 is 12.4 Å². The van der Waals surface area contributed by atoms with E-state index in [1.165, 1.54) is 0 Å². The fraction of sp³-hybridized carbons (Fsp3) is 0.182. The molecular weight excluding hydrogens is 404 g/mol. The van der Waals surface area contributed by atoms with Gasteiger partial charge in [0.15, 0.2) is 0 Å². The van der Waals surface area contributed by atoms with E-state index in [2.05, 4.69) is 15.3 Å². The van der Waals surface area contributed by atoms with Crippen molar-refractivity contribution in [3.05, 3.63) is 54.2 Å². The maximum atomic E-state index is 12.6. The van der Waals surface area contributed by atoms with E-state index in [-0.39, 0.29) is 18.3 Å². The minimum Gasteiger partial charge on any atom is -0.497 e. The van der Waals surface area contributed by atoms with Gasteiger partial charge in [0.25, 0.3) is 5.91 Å². The third kappa shape index (κ3) is 3.90. The topological polar surface area (TPSA) is 102 Å². The molecular formula is C22H23ClN4O3. The number of hydrogen-bond acceptors (Lipinski definition) is 5. The van der Waals surface area contributed by atoms with Crippen LogP contribution in [0.25, 0.3) is 33.1 Å². The SMILES string of the molecule is COc1ccc(-c2nc(C(=O)NCCN)cc3c2[nH]c2ccc(OC)cc23)cc1.Cl. The molecule has 0 fully saturated rings. The van der Waals surface area contributed by atoms with Gasteiger partial charge in [0, 0.05) is 34.9 Å². The largest absolute Gasteiger partial charge is 0.497 e. The summed E-state index contributed by atoms with van der Waals surface area (Å²) in [7, 11) is 3.25. The Balaban J connectivity index is 0.00000256. The number of nitrogens with one attached hydrogen (secondary N) is 2. The van der Waals surface area contributed by atoms with Crippen LogP contribution in [0.1, 0.15) is 10.5 Å². The van der Waals surface area contributed by atoms with Crippen LogP contribution in [0.4, 0.5) is 0 Å². The zero-order chi connectivity index (χ0) is 20.4. The first kappa shape index (κ1) is 21.4. The highest BCUT2D eigenvalue weighted by atomic mass is 35.5. The molecule has 0 aliphatic heterocycles. The monoisotopic (exact) mass is 426 g/mol. The predicted molar refractivity (Wildman–Crippen MR) is 121 cm³/mol. The van der Waals surface area contributed by atoms with Crippen LogP contribution in [-0.4, -0.2) is 43.2 Å². The summed E-state index contributed by atoms with van der Waals surface area (Å²) in [6.45, 7) is 0.752. The van der Waals surface area contributed by atoms with Crippen molar-refractivity contribution in [3.8, 4) is 22.8 Å². The lowest BCUT2D eigenvalue weighted by Gasteiger charge is -2.09. The molecule has 2 aromatic carbocycles. The Morgan fingerprint density at radius 2 is 1.73 bits per heavy atom. The molecule has 0 atom stereocenters. The smallest absolute Gasteiger partial charge is 0.269 e. The maximum Gasteiger partial charge on any atom is 0.269 e. The van der Waals surface area contributed by atoms with Crippen molar-refractivity contribution in [2.45, 2.75) is 0 Å². The fourth-order valence-corrected chi connectivity index (χ4v) is 3.35. The highest BCUT2D eigenvalue weighted by Crippen LogP contribution is 2.34. The number of hydrogen-bond donors (Lipinski definition) is 3. The number of ether oxygens (including phenoxy) is 2. The number of rotatable bonds is 6. The molecule has 8 heteroatoms. The predicted octanol–water partition coefficient (Wildman–Crippen LogP) is 3.51. The average molecular weight is 427 g/mol. The first-order chi connectivity index (χ1) is 14.1. The van der Waals surface area contributed by atoms with E-state index < -0.39 is 0 Å². The summed E-state index contributed by atoms with van der Waals surface area (Å²) in [6.07, 6.45) is 0. The molecule has 0 bridgehead atoms. The van der Waals surface area contributed by atoms with Crippen molar-refractivity contribution < 1.29 is 14.3 Å². The molecule has 4 rings (SSSR count). The molecule has 0 saturated carbocycles. The Labute approximate surface area is 180 Å². The molecule has 0 unspecified atom stereocenters. The number of H-pyrrole nitrogens is 1. The Morgan fingerprint density at radius 3 is 2.40 bits per heavy atom. The van der Waals surface area contributed by atoms with Crippen LogP contribution in [0.2, 0.25) is 0 Å². The van der Waals surface area contributed by atoms with Crippen LogP contribution in [0.5, 0.6) is 11.5 Å². The second kappa shape index (κ2) is 9.02. The summed E-state index contributed by atoms with van der Waals surface area (Å²) in [5.74, 6) is 1.24. The fourth-order valence-electron chi connectivity index (χ4n) is 3.35. The summed E-state index contributed by atoms with van der Waals surface area (Å²) >= 11 is 0. The number of amides is 1. The molecule has 4 aromatic rings. The molecule has 0 aliphatic carbocycles. The van der Waals surface area contributed by atoms with Gasteiger partial charge in [-0.25, -0.2) is 4.98 Å². The number of nitrogens with zero attached hydrogens (tertiary/aromatic N) is 1. The van der Waals surface area contributed by atoms with Crippen molar-refractivity contribution in [1.29, 1.82) is 0 Å². The van der Waals surface area contributed by atoms with Crippen molar-refractivity contribution in [2.75, 3.05) is 27.3 Å². The molecule has 156 valence electrons. The second-order valence-corrected chi connectivity index (χ2v) is 6.59. The summed E-state index contributed by atoms with van der Waals surface area (Å²) in [5.41, 5.74) is 9.22. The molecule has 30 heavy (non-hydrogen) atoms. The number of nitrogens with two attached hydrogens (primary N) is 1. The minimum atomic E-state index is -0.260. The van der Waals surface area contributed by atoms with Crippen molar-refractivity contribution >= 4 is 40.1 Å².